The van der Waals surface area contributed by atoms with E-state index < -0.39 is 0 Å². The predicted octanol–water partition coefficient (Wildman–Crippen LogP) is 8.98. The molecule has 0 aliphatic carbocycles. The summed E-state index contributed by atoms with van der Waals surface area (Å²) in [7, 11) is 1.99. The van der Waals surface area contributed by atoms with Gasteiger partial charge in [0.05, 0.1) is 22.8 Å². The van der Waals surface area contributed by atoms with Gasteiger partial charge < -0.3 is 0 Å². The molecule has 0 amide bonds. The van der Waals surface area contributed by atoms with E-state index in [1.165, 1.54) is 5.39 Å². The molecule has 0 aliphatic rings. The number of halogens is 1. The van der Waals surface area contributed by atoms with Gasteiger partial charge in [-0.25, -0.2) is 8.96 Å². The van der Waals surface area contributed by atoms with Gasteiger partial charge >= 0.3 is 0 Å². The maximum absolute atomic E-state index is 15.4. The van der Waals surface area contributed by atoms with E-state index in [9.17, 15) is 5.26 Å². The molecule has 2 heterocycles. The number of nitriles is 1. The largest absolute Gasteiger partial charge is 0.216 e. The van der Waals surface area contributed by atoms with E-state index in [-0.39, 0.29) is 11.2 Å². The molecule has 0 N–H and O–H groups in total. The van der Waals surface area contributed by atoms with Crippen LogP contribution in [0.3, 0.4) is 0 Å². The van der Waals surface area contributed by atoms with Crippen LogP contribution in [-0.4, -0.2) is 0 Å². The van der Waals surface area contributed by atoms with Crippen LogP contribution in [0.1, 0.15) is 37.5 Å². The molecule has 0 bridgehead atoms. The van der Waals surface area contributed by atoms with E-state index in [0.717, 1.165) is 53.5 Å². The lowest BCUT2D eigenvalue weighted by atomic mass is 9.87. The van der Waals surface area contributed by atoms with Crippen LogP contribution in [0.4, 0.5) is 4.39 Å². The zero-order valence-electron chi connectivity index (χ0n) is 22.2. The molecular weight excluding hydrogens is 487 g/mol. The third-order valence-electron chi connectivity index (χ3n) is 7.46. The maximum atomic E-state index is 15.4. The summed E-state index contributed by atoms with van der Waals surface area (Å²) >= 11 is 1.69. The number of hydrogen-bond donors (Lipinski definition) is 0. The molecule has 2 nitrogen and oxygen atoms in total. The average Bonchev–Trinajstić information content (AvgIpc) is 3.27. The molecule has 0 aliphatic heterocycles. The number of fused-ring (bicyclic) bond motifs is 4. The first-order valence-electron chi connectivity index (χ1n) is 12.8. The molecule has 0 radical (unpaired) electrons. The third-order valence-corrected chi connectivity index (χ3v) is 8.72. The van der Waals surface area contributed by atoms with Crippen molar-refractivity contribution < 1.29 is 8.96 Å². The number of benzene rings is 4. The lowest BCUT2D eigenvalue weighted by Crippen LogP contribution is -2.34. The molecule has 186 valence electrons. The minimum atomic E-state index is -0.290. The highest BCUT2D eigenvalue weighted by atomic mass is 32.1. The predicted molar refractivity (Wildman–Crippen MR) is 157 cm³/mol. The fourth-order valence-electron chi connectivity index (χ4n) is 5.47. The van der Waals surface area contributed by atoms with Crippen LogP contribution in [0.5, 0.6) is 0 Å². The van der Waals surface area contributed by atoms with E-state index in [4.69, 9.17) is 0 Å². The second kappa shape index (κ2) is 8.75. The molecule has 4 aromatic carbocycles. The molecular formula is C34H28FN2S+. The summed E-state index contributed by atoms with van der Waals surface area (Å²) in [6, 6.07) is 27.0. The summed E-state index contributed by atoms with van der Waals surface area (Å²) in [5.74, 6) is -0.188. The molecule has 4 heteroatoms. The van der Waals surface area contributed by atoms with Gasteiger partial charge in [-0.2, -0.15) is 5.26 Å². The van der Waals surface area contributed by atoms with Gasteiger partial charge in [0.25, 0.3) is 0 Å². The second-order valence-electron chi connectivity index (χ2n) is 11.1. The van der Waals surface area contributed by atoms with E-state index in [1.807, 2.05) is 56.8 Å². The SMILES string of the molecule is Cc1ccc2c(sc3c(-c4ccc5ccccc5c4)c(C#N)ccc32)c1-c1cc(F)c(C(C)(C)C)c[n+]1C. The van der Waals surface area contributed by atoms with Crippen LogP contribution < -0.4 is 4.57 Å². The van der Waals surface area contributed by atoms with Gasteiger partial charge in [0.2, 0.25) is 5.69 Å². The van der Waals surface area contributed by atoms with Crippen molar-refractivity contribution in [3.8, 4) is 28.5 Å². The molecule has 0 unspecified atom stereocenters. The average molecular weight is 516 g/mol. The normalized spacial score (nSPS) is 11.9. The zero-order valence-corrected chi connectivity index (χ0v) is 23.0. The topological polar surface area (TPSA) is 27.7 Å². The molecule has 0 atom stereocenters. The Balaban J connectivity index is 1.67. The molecule has 0 saturated heterocycles. The summed E-state index contributed by atoms with van der Waals surface area (Å²) in [6.07, 6.45) is 1.92. The monoisotopic (exact) mass is 515 g/mol. The molecule has 38 heavy (non-hydrogen) atoms. The van der Waals surface area contributed by atoms with Gasteiger partial charge in [0, 0.05) is 31.8 Å². The Kier molecular flexibility index (Phi) is 5.59. The van der Waals surface area contributed by atoms with Crippen molar-refractivity contribution in [1.29, 1.82) is 5.26 Å². The van der Waals surface area contributed by atoms with Crippen molar-refractivity contribution in [3.63, 3.8) is 0 Å². The number of hydrogen-bond acceptors (Lipinski definition) is 2. The van der Waals surface area contributed by atoms with Gasteiger partial charge in [-0.05, 0) is 46.4 Å². The number of aryl methyl sites for hydroxylation is 2. The Morgan fingerprint density at radius 1 is 0.842 bits per heavy atom. The fraction of sp³-hybridized carbons (Fsp3) is 0.176. The Morgan fingerprint density at radius 3 is 2.24 bits per heavy atom. The van der Waals surface area contributed by atoms with E-state index in [2.05, 4.69) is 61.5 Å². The Labute approximate surface area is 226 Å². The molecule has 0 fully saturated rings. The van der Waals surface area contributed by atoms with Crippen molar-refractivity contribution in [2.45, 2.75) is 33.1 Å². The third kappa shape index (κ3) is 3.78. The van der Waals surface area contributed by atoms with Crippen LogP contribution in [-0.2, 0) is 12.5 Å². The van der Waals surface area contributed by atoms with E-state index in [0.29, 0.717) is 11.1 Å². The Morgan fingerprint density at radius 2 is 1.53 bits per heavy atom. The smallest absolute Gasteiger partial charge is 0.206 e. The van der Waals surface area contributed by atoms with Gasteiger partial charge in [-0.1, -0.05) is 75.4 Å². The van der Waals surface area contributed by atoms with Crippen molar-refractivity contribution in [2.75, 3.05) is 0 Å². The van der Waals surface area contributed by atoms with Crippen molar-refractivity contribution in [2.24, 2.45) is 7.05 Å². The van der Waals surface area contributed by atoms with Crippen LogP contribution >= 0.6 is 11.3 Å². The summed E-state index contributed by atoms with van der Waals surface area (Å²) in [4.78, 5) is 0. The summed E-state index contributed by atoms with van der Waals surface area (Å²) < 4.78 is 19.6. The number of aromatic nitrogens is 1. The summed E-state index contributed by atoms with van der Waals surface area (Å²) in [5, 5.41) is 14.6. The molecule has 2 aromatic heterocycles. The van der Waals surface area contributed by atoms with Crippen LogP contribution in [0, 0.1) is 24.1 Å². The van der Waals surface area contributed by atoms with Gasteiger partial charge in [0.15, 0.2) is 6.20 Å². The molecule has 6 aromatic rings. The van der Waals surface area contributed by atoms with Gasteiger partial charge in [0.1, 0.15) is 12.9 Å². The number of thiophene rings is 1. The lowest BCUT2D eigenvalue weighted by molar-refractivity contribution is -0.661. The van der Waals surface area contributed by atoms with Crippen LogP contribution in [0.15, 0.2) is 79.0 Å². The van der Waals surface area contributed by atoms with Crippen LogP contribution in [0.2, 0.25) is 0 Å². The quantitative estimate of drug-likeness (QED) is 0.211. The first-order chi connectivity index (χ1) is 18.2. The summed E-state index contributed by atoms with van der Waals surface area (Å²) in [6.45, 7) is 8.18. The van der Waals surface area contributed by atoms with Crippen LogP contribution in [0.25, 0.3) is 53.3 Å². The van der Waals surface area contributed by atoms with Crippen molar-refractivity contribution in [1.82, 2.24) is 0 Å². The zero-order chi connectivity index (χ0) is 26.8. The highest BCUT2D eigenvalue weighted by molar-refractivity contribution is 7.27. The first-order valence-corrected chi connectivity index (χ1v) is 13.6. The first kappa shape index (κ1) is 24.3. The van der Waals surface area contributed by atoms with Crippen molar-refractivity contribution in [3.05, 3.63) is 102 Å². The fourth-order valence-corrected chi connectivity index (χ4v) is 6.95. The minimum Gasteiger partial charge on any atom is -0.206 e. The maximum Gasteiger partial charge on any atom is 0.216 e. The molecule has 0 saturated carbocycles. The standard InChI is InChI=1S/C34H28FN2S/c1-20-10-14-25-26-15-13-24(18-36)31(23-12-11-21-8-6-7-9-22(21)16-23)33(26)38-32(25)30(20)29-17-28(35)27(19-37(29)5)34(2,3)4/h6-17,19H,1-5H3/q+1. The minimum absolute atomic E-state index is 0.188. The Hall–Kier alpha value is -4.07. The highest BCUT2D eigenvalue weighted by Gasteiger charge is 2.27. The Bertz CT molecular complexity index is 1950. The van der Waals surface area contributed by atoms with E-state index in [1.54, 1.807) is 17.4 Å². The molecule has 6 rings (SSSR count). The highest BCUT2D eigenvalue weighted by Crippen LogP contribution is 2.46. The van der Waals surface area contributed by atoms with Gasteiger partial charge in [-0.15, -0.1) is 11.3 Å². The summed E-state index contributed by atoms with van der Waals surface area (Å²) in [5.41, 5.74) is 6.02. The number of pyridine rings is 1. The number of nitrogens with zero attached hydrogens (tertiary/aromatic N) is 2. The second-order valence-corrected chi connectivity index (χ2v) is 12.1. The lowest BCUT2D eigenvalue weighted by Gasteiger charge is -2.18. The van der Waals surface area contributed by atoms with E-state index >= 15 is 4.39 Å². The number of rotatable bonds is 2. The molecule has 0 spiro atoms. The van der Waals surface area contributed by atoms with Crippen molar-refractivity contribution >= 4 is 42.3 Å². The van der Waals surface area contributed by atoms with Gasteiger partial charge in [-0.3, -0.25) is 0 Å².